The maximum absolute atomic E-state index is 4.49. The van der Waals surface area contributed by atoms with Crippen molar-refractivity contribution in [1.82, 2.24) is 9.55 Å². The summed E-state index contributed by atoms with van der Waals surface area (Å²) < 4.78 is 2.06. The third-order valence-corrected chi connectivity index (χ3v) is 3.94. The Morgan fingerprint density at radius 2 is 1.63 bits per heavy atom. The average Bonchev–Trinajstić information content (AvgIpc) is 2.80. The van der Waals surface area contributed by atoms with Crippen LogP contribution in [0.4, 0.5) is 0 Å². The fourth-order valence-electron chi connectivity index (χ4n) is 2.76. The Balaban J connectivity index is 2.34. The SMILES string of the molecule is CCCCCCC(CCCCC)Cc1cn(C)cn1. The van der Waals surface area contributed by atoms with Crippen molar-refractivity contribution in [3.63, 3.8) is 0 Å². The molecule has 0 aliphatic heterocycles. The lowest BCUT2D eigenvalue weighted by Gasteiger charge is -2.15. The van der Waals surface area contributed by atoms with E-state index in [1.165, 1.54) is 69.9 Å². The van der Waals surface area contributed by atoms with Crippen LogP contribution in [0.15, 0.2) is 12.5 Å². The molecule has 0 aliphatic carbocycles. The fraction of sp³-hybridized carbons (Fsp3) is 0.824. The van der Waals surface area contributed by atoms with Crippen LogP contribution in [-0.2, 0) is 13.5 Å². The first-order chi connectivity index (χ1) is 9.26. The van der Waals surface area contributed by atoms with Gasteiger partial charge in [-0.05, 0) is 12.3 Å². The van der Waals surface area contributed by atoms with E-state index in [-0.39, 0.29) is 0 Å². The predicted octanol–water partition coefficient (Wildman–Crippen LogP) is 5.13. The van der Waals surface area contributed by atoms with E-state index in [0.717, 1.165) is 5.92 Å². The standard InChI is InChI=1S/C17H32N2/c1-4-6-8-10-12-16(11-9-7-5-2)13-17-14-19(3)15-18-17/h14-16H,4-13H2,1-3H3. The highest BCUT2D eigenvalue weighted by molar-refractivity contribution is 4.97. The summed E-state index contributed by atoms with van der Waals surface area (Å²) in [7, 11) is 2.06. The van der Waals surface area contributed by atoms with Crippen LogP contribution in [0, 0.1) is 5.92 Å². The van der Waals surface area contributed by atoms with Gasteiger partial charge in [0.05, 0.1) is 12.0 Å². The molecule has 0 amide bonds. The lowest BCUT2D eigenvalue weighted by Crippen LogP contribution is -2.05. The van der Waals surface area contributed by atoms with Crippen LogP contribution in [0.3, 0.4) is 0 Å². The number of aryl methyl sites for hydroxylation is 1. The van der Waals surface area contributed by atoms with E-state index in [9.17, 15) is 0 Å². The van der Waals surface area contributed by atoms with Gasteiger partial charge in [0.1, 0.15) is 0 Å². The van der Waals surface area contributed by atoms with Crippen molar-refractivity contribution >= 4 is 0 Å². The Hall–Kier alpha value is -0.790. The van der Waals surface area contributed by atoms with Gasteiger partial charge in [0, 0.05) is 13.2 Å². The second-order valence-corrected chi connectivity index (χ2v) is 5.95. The summed E-state index contributed by atoms with van der Waals surface area (Å²) in [4.78, 5) is 4.49. The lowest BCUT2D eigenvalue weighted by molar-refractivity contribution is 0.403. The first-order valence-corrected chi connectivity index (χ1v) is 8.23. The molecule has 1 unspecified atom stereocenters. The van der Waals surface area contributed by atoms with Gasteiger partial charge in [0.2, 0.25) is 0 Å². The van der Waals surface area contributed by atoms with E-state index in [1.54, 1.807) is 0 Å². The lowest BCUT2D eigenvalue weighted by atomic mass is 9.91. The van der Waals surface area contributed by atoms with Crippen LogP contribution in [0.5, 0.6) is 0 Å². The molecule has 1 aromatic heterocycles. The molecule has 0 saturated carbocycles. The van der Waals surface area contributed by atoms with Gasteiger partial charge in [-0.2, -0.15) is 0 Å². The summed E-state index contributed by atoms with van der Waals surface area (Å²) in [6.07, 6.45) is 17.7. The molecule has 0 radical (unpaired) electrons. The zero-order valence-electron chi connectivity index (χ0n) is 13.2. The van der Waals surface area contributed by atoms with Gasteiger partial charge in [0.25, 0.3) is 0 Å². The minimum absolute atomic E-state index is 0.846. The zero-order valence-corrected chi connectivity index (χ0v) is 13.2. The molecule has 1 heterocycles. The Morgan fingerprint density at radius 3 is 2.21 bits per heavy atom. The van der Waals surface area contributed by atoms with Gasteiger partial charge < -0.3 is 4.57 Å². The van der Waals surface area contributed by atoms with Gasteiger partial charge in [-0.1, -0.05) is 71.6 Å². The van der Waals surface area contributed by atoms with Crippen molar-refractivity contribution < 1.29 is 0 Å². The molecular weight excluding hydrogens is 232 g/mol. The predicted molar refractivity (Wildman–Crippen MR) is 83.3 cm³/mol. The third-order valence-electron chi connectivity index (χ3n) is 3.94. The summed E-state index contributed by atoms with van der Waals surface area (Å²) in [6, 6.07) is 0. The Labute approximate surface area is 119 Å². The van der Waals surface area contributed by atoms with Crippen molar-refractivity contribution in [3.8, 4) is 0 Å². The molecule has 2 heteroatoms. The molecule has 0 saturated heterocycles. The fourth-order valence-corrected chi connectivity index (χ4v) is 2.76. The van der Waals surface area contributed by atoms with Crippen LogP contribution in [-0.4, -0.2) is 9.55 Å². The monoisotopic (exact) mass is 264 g/mol. The quantitative estimate of drug-likeness (QED) is 0.507. The molecule has 0 N–H and O–H groups in total. The van der Waals surface area contributed by atoms with Crippen LogP contribution >= 0.6 is 0 Å². The number of hydrogen-bond acceptors (Lipinski definition) is 1. The van der Waals surface area contributed by atoms with E-state index in [2.05, 4.69) is 36.6 Å². The van der Waals surface area contributed by atoms with Gasteiger partial charge in [0.15, 0.2) is 0 Å². The molecule has 1 atom stereocenters. The Kier molecular flexibility index (Phi) is 8.61. The summed E-state index contributed by atoms with van der Waals surface area (Å²) in [5.74, 6) is 0.846. The third kappa shape index (κ3) is 7.39. The molecule has 110 valence electrons. The largest absolute Gasteiger partial charge is 0.340 e. The maximum Gasteiger partial charge on any atom is 0.0946 e. The second kappa shape index (κ2) is 10.1. The summed E-state index contributed by atoms with van der Waals surface area (Å²) in [5, 5.41) is 0. The first-order valence-electron chi connectivity index (χ1n) is 8.23. The van der Waals surface area contributed by atoms with Crippen molar-refractivity contribution in [1.29, 1.82) is 0 Å². The van der Waals surface area contributed by atoms with Crippen molar-refractivity contribution in [2.75, 3.05) is 0 Å². The van der Waals surface area contributed by atoms with E-state index < -0.39 is 0 Å². The summed E-state index contributed by atoms with van der Waals surface area (Å²) in [5.41, 5.74) is 1.28. The zero-order chi connectivity index (χ0) is 13.9. The smallest absolute Gasteiger partial charge is 0.0946 e. The molecule has 2 nitrogen and oxygen atoms in total. The van der Waals surface area contributed by atoms with Gasteiger partial charge in [-0.3, -0.25) is 0 Å². The normalized spacial score (nSPS) is 12.8. The highest BCUT2D eigenvalue weighted by Gasteiger charge is 2.11. The number of nitrogens with zero attached hydrogens (tertiary/aromatic N) is 2. The highest BCUT2D eigenvalue weighted by Crippen LogP contribution is 2.21. The minimum atomic E-state index is 0.846. The van der Waals surface area contributed by atoms with Crippen LogP contribution in [0.25, 0.3) is 0 Å². The van der Waals surface area contributed by atoms with E-state index in [1.807, 2.05) is 6.33 Å². The van der Waals surface area contributed by atoms with Crippen LogP contribution in [0.1, 0.15) is 77.3 Å². The minimum Gasteiger partial charge on any atom is -0.340 e. The van der Waals surface area contributed by atoms with Gasteiger partial charge in [-0.15, -0.1) is 0 Å². The Bertz CT molecular complexity index is 317. The number of imidazole rings is 1. The molecule has 1 rings (SSSR count). The molecule has 1 aromatic rings. The Morgan fingerprint density at radius 1 is 1.00 bits per heavy atom. The molecule has 0 fully saturated rings. The van der Waals surface area contributed by atoms with Crippen molar-refractivity contribution in [2.24, 2.45) is 13.0 Å². The van der Waals surface area contributed by atoms with Crippen molar-refractivity contribution in [2.45, 2.75) is 78.1 Å². The average molecular weight is 264 g/mol. The number of unbranched alkanes of at least 4 members (excludes halogenated alkanes) is 5. The molecular formula is C17H32N2. The van der Waals surface area contributed by atoms with Crippen LogP contribution in [0.2, 0.25) is 0 Å². The van der Waals surface area contributed by atoms with Crippen LogP contribution < -0.4 is 0 Å². The topological polar surface area (TPSA) is 17.8 Å². The second-order valence-electron chi connectivity index (χ2n) is 5.95. The maximum atomic E-state index is 4.49. The van der Waals surface area contributed by atoms with Crippen molar-refractivity contribution in [3.05, 3.63) is 18.2 Å². The van der Waals surface area contributed by atoms with E-state index in [4.69, 9.17) is 0 Å². The molecule has 0 bridgehead atoms. The molecule has 0 aliphatic rings. The first kappa shape index (κ1) is 16.3. The van der Waals surface area contributed by atoms with E-state index >= 15 is 0 Å². The summed E-state index contributed by atoms with van der Waals surface area (Å²) in [6.45, 7) is 4.57. The molecule has 0 aromatic carbocycles. The molecule has 19 heavy (non-hydrogen) atoms. The number of aromatic nitrogens is 2. The van der Waals surface area contributed by atoms with Gasteiger partial charge in [-0.25, -0.2) is 4.98 Å². The number of hydrogen-bond donors (Lipinski definition) is 0. The summed E-state index contributed by atoms with van der Waals surface area (Å²) >= 11 is 0. The number of rotatable bonds is 11. The highest BCUT2D eigenvalue weighted by atomic mass is 15.0. The van der Waals surface area contributed by atoms with Gasteiger partial charge >= 0.3 is 0 Å². The molecule has 0 spiro atoms. The van der Waals surface area contributed by atoms with E-state index in [0.29, 0.717) is 0 Å².